The average molecular weight is 445 g/mol. The van der Waals surface area contributed by atoms with Crippen molar-refractivity contribution in [2.75, 3.05) is 0 Å². The van der Waals surface area contributed by atoms with E-state index in [9.17, 15) is 4.79 Å². The topological polar surface area (TPSA) is 22.0 Å². The number of ketones is 1. The van der Waals surface area contributed by atoms with E-state index in [1.54, 1.807) is 0 Å². The number of hydrogen-bond acceptors (Lipinski definition) is 1. The van der Waals surface area contributed by atoms with E-state index in [-0.39, 0.29) is 0 Å². The highest BCUT2D eigenvalue weighted by atomic mass is 16.1. The van der Waals surface area contributed by atoms with Crippen LogP contribution < -0.4 is 0 Å². The fraction of sp³-hybridized carbons (Fsp3) is 0.833. The molecule has 0 unspecified atom stereocenters. The first kappa shape index (κ1) is 29.0. The zero-order valence-corrected chi connectivity index (χ0v) is 22.2. The third-order valence-electron chi connectivity index (χ3n) is 6.97. The van der Waals surface area contributed by atoms with Gasteiger partial charge in [-0.25, -0.2) is 0 Å². The summed E-state index contributed by atoms with van der Waals surface area (Å²) in [5, 5.41) is 0. The van der Waals surface area contributed by atoms with E-state index in [0.29, 0.717) is 12.2 Å². The Balaban J connectivity index is 2.04. The molecule has 2 heteroatoms. The zero-order chi connectivity index (χ0) is 23.4. The summed E-state index contributed by atoms with van der Waals surface area (Å²) < 4.78 is 2.19. The Kier molecular flexibility index (Phi) is 17.6. The summed E-state index contributed by atoms with van der Waals surface area (Å²) in [7, 11) is 0. The minimum absolute atomic E-state index is 0.332. The predicted molar refractivity (Wildman–Crippen MR) is 141 cm³/mol. The van der Waals surface area contributed by atoms with E-state index < -0.39 is 0 Å². The maximum atomic E-state index is 12.8. The second-order valence-corrected chi connectivity index (χ2v) is 10.0. The molecule has 0 aliphatic carbocycles. The predicted octanol–water partition coefficient (Wildman–Crippen LogP) is 9.93. The molecule has 0 aliphatic rings. The lowest BCUT2D eigenvalue weighted by atomic mass is 10.0. The summed E-state index contributed by atoms with van der Waals surface area (Å²) in [6.45, 7) is 9.68. The zero-order valence-electron chi connectivity index (χ0n) is 22.2. The van der Waals surface area contributed by atoms with Crippen molar-refractivity contribution in [2.45, 2.75) is 163 Å². The lowest BCUT2D eigenvalue weighted by Crippen LogP contribution is -2.05. The molecule has 32 heavy (non-hydrogen) atoms. The highest BCUT2D eigenvalue weighted by Crippen LogP contribution is 2.20. The Bertz CT molecular complexity index is 586. The van der Waals surface area contributed by atoms with Gasteiger partial charge in [0.15, 0.2) is 5.78 Å². The van der Waals surface area contributed by atoms with Crippen LogP contribution in [0.3, 0.4) is 0 Å². The molecular formula is C30H54NO. The van der Waals surface area contributed by atoms with Crippen LogP contribution in [-0.4, -0.2) is 10.4 Å². The standard InChI is InChI=1S/C30H54NO/c1-5-7-9-11-12-13-14-15-16-17-18-19-20-21-22-24-29(32)30-27(3)26-31(28(30)4)25-23-10-8-6-2/h5-25H2,1-4H3. The first-order chi connectivity index (χ1) is 15.6. The Morgan fingerprint density at radius 3 is 1.50 bits per heavy atom. The number of nitrogens with zero attached hydrogens (tertiary/aromatic N) is 1. The molecule has 0 saturated carbocycles. The number of aryl methyl sites for hydroxylation is 2. The number of Topliss-reactive ketones (excluding diaryl/α,β-unsaturated/α-hetero) is 1. The first-order valence-corrected chi connectivity index (χ1v) is 14.2. The number of carbonyl (C=O) groups excluding carboxylic acids is 1. The molecule has 0 bridgehead atoms. The van der Waals surface area contributed by atoms with E-state index in [2.05, 4.69) is 38.5 Å². The molecule has 0 saturated heterocycles. The van der Waals surface area contributed by atoms with Crippen LogP contribution in [-0.2, 0) is 6.54 Å². The van der Waals surface area contributed by atoms with Crippen molar-refractivity contribution in [1.82, 2.24) is 4.57 Å². The normalized spacial score (nSPS) is 11.4. The Morgan fingerprint density at radius 2 is 1.03 bits per heavy atom. The van der Waals surface area contributed by atoms with Gasteiger partial charge in [-0.05, 0) is 32.3 Å². The summed E-state index contributed by atoms with van der Waals surface area (Å²) >= 11 is 0. The monoisotopic (exact) mass is 444 g/mol. The Hall–Kier alpha value is -1.05. The molecule has 1 aromatic rings. The Morgan fingerprint density at radius 1 is 0.625 bits per heavy atom. The van der Waals surface area contributed by atoms with Crippen LogP contribution in [0.25, 0.3) is 0 Å². The van der Waals surface area contributed by atoms with Crippen LogP contribution in [0.2, 0.25) is 0 Å². The molecule has 0 spiro atoms. The maximum absolute atomic E-state index is 12.8. The van der Waals surface area contributed by atoms with Crippen molar-refractivity contribution in [1.29, 1.82) is 0 Å². The molecule has 1 radical (unpaired) electrons. The van der Waals surface area contributed by atoms with Crippen LogP contribution in [0.4, 0.5) is 0 Å². The molecule has 0 amide bonds. The van der Waals surface area contributed by atoms with Crippen LogP contribution in [0.15, 0.2) is 0 Å². The largest absolute Gasteiger partial charge is 0.343 e. The van der Waals surface area contributed by atoms with Gasteiger partial charge in [0.25, 0.3) is 0 Å². The van der Waals surface area contributed by atoms with Crippen LogP contribution in [0.1, 0.15) is 164 Å². The molecule has 0 N–H and O–H groups in total. The van der Waals surface area contributed by atoms with Crippen LogP contribution >= 0.6 is 0 Å². The molecule has 1 heterocycles. The fourth-order valence-corrected chi connectivity index (χ4v) is 4.86. The molecule has 0 aromatic carbocycles. The number of aromatic nitrogens is 1. The molecule has 2 nitrogen and oxygen atoms in total. The third-order valence-corrected chi connectivity index (χ3v) is 6.97. The molecule has 0 aliphatic heterocycles. The summed E-state index contributed by atoms with van der Waals surface area (Å²) in [5.41, 5.74) is 3.12. The van der Waals surface area contributed by atoms with E-state index in [4.69, 9.17) is 0 Å². The fourth-order valence-electron chi connectivity index (χ4n) is 4.86. The Labute approximate surface area is 201 Å². The highest BCUT2D eigenvalue weighted by molar-refractivity contribution is 5.98. The van der Waals surface area contributed by atoms with Crippen molar-refractivity contribution in [2.24, 2.45) is 0 Å². The van der Waals surface area contributed by atoms with Gasteiger partial charge in [-0.1, -0.05) is 123 Å². The minimum atomic E-state index is 0.332. The van der Waals surface area contributed by atoms with E-state index in [1.807, 2.05) is 0 Å². The van der Waals surface area contributed by atoms with Crippen molar-refractivity contribution < 1.29 is 4.79 Å². The molecule has 1 rings (SSSR count). The third kappa shape index (κ3) is 12.9. The second kappa shape index (κ2) is 19.4. The molecule has 0 fully saturated rings. The van der Waals surface area contributed by atoms with Gasteiger partial charge in [-0.15, -0.1) is 0 Å². The molecule has 185 valence electrons. The SMILES string of the molecule is CCCCCCCCCCCCCCCCCC(=O)c1c(C)[c]n(CCCCCC)c1C. The van der Waals surface area contributed by atoms with E-state index >= 15 is 0 Å². The number of hydrogen-bond donors (Lipinski definition) is 0. The van der Waals surface area contributed by atoms with Crippen molar-refractivity contribution in [3.05, 3.63) is 23.0 Å². The van der Waals surface area contributed by atoms with Gasteiger partial charge in [0.05, 0.1) is 6.20 Å². The van der Waals surface area contributed by atoms with Crippen molar-refractivity contribution in [3.63, 3.8) is 0 Å². The molecule has 0 atom stereocenters. The van der Waals surface area contributed by atoms with E-state index in [1.165, 1.54) is 116 Å². The summed E-state index contributed by atoms with van der Waals surface area (Å²) in [6, 6.07) is 0. The average Bonchev–Trinajstić information content (AvgIpc) is 3.06. The van der Waals surface area contributed by atoms with Crippen LogP contribution in [0, 0.1) is 20.0 Å². The minimum Gasteiger partial charge on any atom is -0.343 e. The maximum Gasteiger partial charge on any atom is 0.164 e. The number of unbranched alkanes of at least 4 members (excludes halogenated alkanes) is 17. The molecule has 1 aromatic heterocycles. The lowest BCUT2D eigenvalue weighted by molar-refractivity contribution is 0.0978. The van der Waals surface area contributed by atoms with Crippen molar-refractivity contribution >= 4 is 5.78 Å². The quantitative estimate of drug-likeness (QED) is 0.129. The van der Waals surface area contributed by atoms with Gasteiger partial charge in [0, 0.05) is 24.2 Å². The summed E-state index contributed by atoms with van der Waals surface area (Å²) in [6.07, 6.45) is 29.6. The molecular weight excluding hydrogens is 390 g/mol. The van der Waals surface area contributed by atoms with Gasteiger partial charge in [-0.2, -0.15) is 0 Å². The lowest BCUT2D eigenvalue weighted by Gasteiger charge is -2.07. The number of carbonyl (C=O) groups is 1. The highest BCUT2D eigenvalue weighted by Gasteiger charge is 2.16. The van der Waals surface area contributed by atoms with Crippen molar-refractivity contribution in [3.8, 4) is 0 Å². The van der Waals surface area contributed by atoms with Crippen LogP contribution in [0.5, 0.6) is 0 Å². The smallest absolute Gasteiger partial charge is 0.164 e. The number of rotatable bonds is 22. The first-order valence-electron chi connectivity index (χ1n) is 14.2. The summed E-state index contributed by atoms with van der Waals surface area (Å²) in [4.78, 5) is 12.8. The van der Waals surface area contributed by atoms with Gasteiger partial charge in [0.2, 0.25) is 0 Å². The van der Waals surface area contributed by atoms with E-state index in [0.717, 1.165) is 29.8 Å². The van der Waals surface area contributed by atoms with Gasteiger partial charge < -0.3 is 4.57 Å². The van der Waals surface area contributed by atoms with Gasteiger partial charge >= 0.3 is 0 Å². The summed E-state index contributed by atoms with van der Waals surface area (Å²) in [5.74, 6) is 0.332. The van der Waals surface area contributed by atoms with Gasteiger partial charge in [-0.3, -0.25) is 4.79 Å². The van der Waals surface area contributed by atoms with Gasteiger partial charge in [0.1, 0.15) is 0 Å². The second-order valence-electron chi connectivity index (χ2n) is 10.0.